The van der Waals surface area contributed by atoms with Crippen LogP contribution in [-0.4, -0.2) is 20.0 Å². The topological polar surface area (TPSA) is 30.7 Å². The van der Waals surface area contributed by atoms with Gasteiger partial charge in [-0.1, -0.05) is 6.92 Å². The van der Waals surface area contributed by atoms with Crippen molar-refractivity contribution in [3.63, 3.8) is 0 Å². The van der Waals surface area contributed by atoms with Crippen LogP contribution in [0.4, 0.5) is 0 Å². The van der Waals surface area contributed by atoms with E-state index in [2.05, 4.69) is 29.6 Å². The molecule has 1 aromatic heterocycles. The molecule has 1 rings (SSSR count). The van der Waals surface area contributed by atoms with Gasteiger partial charge in [-0.15, -0.1) is 0 Å². The first-order valence-electron chi connectivity index (χ1n) is 4.15. The van der Waals surface area contributed by atoms with E-state index in [9.17, 15) is 0 Å². The Hall–Kier alpha value is -0.510. The average molecular weight is 185 g/mol. The molecule has 0 aliphatic rings. The van der Waals surface area contributed by atoms with E-state index in [1.54, 1.807) is 0 Å². The summed E-state index contributed by atoms with van der Waals surface area (Å²) in [5, 5.41) is 4.68. The first-order chi connectivity index (χ1) is 5.59. The molecule has 0 radical (unpaired) electrons. The monoisotopic (exact) mass is 185 g/mol. The first kappa shape index (κ1) is 9.58. The Balaban J connectivity index is 2.57. The highest BCUT2D eigenvalue weighted by Crippen LogP contribution is 2.03. The van der Waals surface area contributed by atoms with Crippen molar-refractivity contribution >= 4 is 12.6 Å². The van der Waals surface area contributed by atoms with Gasteiger partial charge in [0.15, 0.2) is 0 Å². The molecule has 1 aromatic rings. The molecule has 0 amide bonds. The maximum absolute atomic E-state index is 4.31. The third-order valence-electron chi connectivity index (χ3n) is 1.72. The van der Waals surface area contributed by atoms with Crippen molar-refractivity contribution in [2.24, 2.45) is 0 Å². The van der Waals surface area contributed by atoms with E-state index in [1.807, 2.05) is 18.5 Å². The highest BCUT2D eigenvalue weighted by molar-refractivity contribution is 7.80. The molecule has 0 aliphatic carbocycles. The molecule has 68 valence electrons. The standard InChI is InChI=1S/C8H15N3S/c1-6(12)4-5-11-8(3)9-7(2)10-11/h6,12H,4-5H2,1-3H3. The predicted molar refractivity (Wildman–Crippen MR) is 52.6 cm³/mol. The second-order valence-corrected chi connectivity index (χ2v) is 3.95. The third kappa shape index (κ3) is 2.52. The molecule has 0 fully saturated rings. The van der Waals surface area contributed by atoms with Crippen LogP contribution in [0.25, 0.3) is 0 Å². The van der Waals surface area contributed by atoms with Gasteiger partial charge in [-0.2, -0.15) is 17.7 Å². The maximum Gasteiger partial charge on any atom is 0.147 e. The fourth-order valence-corrected chi connectivity index (χ4v) is 1.20. The minimum absolute atomic E-state index is 0.425. The van der Waals surface area contributed by atoms with Crippen LogP contribution in [0.1, 0.15) is 25.0 Å². The van der Waals surface area contributed by atoms with Crippen LogP contribution in [0.3, 0.4) is 0 Å². The van der Waals surface area contributed by atoms with E-state index in [-0.39, 0.29) is 0 Å². The Kier molecular flexibility index (Phi) is 3.14. The molecule has 0 saturated carbocycles. The van der Waals surface area contributed by atoms with Crippen LogP contribution in [0.2, 0.25) is 0 Å². The van der Waals surface area contributed by atoms with E-state index in [0.717, 1.165) is 24.6 Å². The van der Waals surface area contributed by atoms with Crippen LogP contribution in [0.15, 0.2) is 0 Å². The number of rotatable bonds is 3. The number of aromatic nitrogens is 3. The molecule has 4 heteroatoms. The number of aryl methyl sites for hydroxylation is 3. The fourth-order valence-electron chi connectivity index (χ4n) is 1.08. The van der Waals surface area contributed by atoms with Crippen LogP contribution in [-0.2, 0) is 6.54 Å². The van der Waals surface area contributed by atoms with Crippen molar-refractivity contribution in [2.45, 2.75) is 39.0 Å². The van der Waals surface area contributed by atoms with Gasteiger partial charge in [0.1, 0.15) is 11.6 Å². The molecule has 0 N–H and O–H groups in total. The second kappa shape index (κ2) is 3.94. The summed E-state index contributed by atoms with van der Waals surface area (Å²) in [6.07, 6.45) is 1.03. The molecule has 0 bridgehead atoms. The van der Waals surface area contributed by atoms with Crippen molar-refractivity contribution in [3.8, 4) is 0 Å². The Bertz CT molecular complexity index is 255. The lowest BCUT2D eigenvalue weighted by Gasteiger charge is -2.04. The summed E-state index contributed by atoms with van der Waals surface area (Å²) < 4.78 is 1.93. The second-order valence-electron chi connectivity index (χ2n) is 3.07. The van der Waals surface area contributed by atoms with Crippen LogP contribution in [0.5, 0.6) is 0 Å². The lowest BCUT2D eigenvalue weighted by molar-refractivity contribution is 0.560. The maximum atomic E-state index is 4.31. The third-order valence-corrected chi connectivity index (χ3v) is 1.98. The summed E-state index contributed by atoms with van der Waals surface area (Å²) in [6.45, 7) is 6.89. The molecule has 3 nitrogen and oxygen atoms in total. The molecule has 0 aromatic carbocycles. The lowest BCUT2D eigenvalue weighted by Crippen LogP contribution is -2.06. The van der Waals surface area contributed by atoms with Crippen molar-refractivity contribution in [2.75, 3.05) is 0 Å². The van der Waals surface area contributed by atoms with E-state index in [1.165, 1.54) is 0 Å². The molecular weight excluding hydrogens is 170 g/mol. The van der Waals surface area contributed by atoms with Crippen LogP contribution >= 0.6 is 12.6 Å². The van der Waals surface area contributed by atoms with Gasteiger partial charge in [0.25, 0.3) is 0 Å². The van der Waals surface area contributed by atoms with Crippen molar-refractivity contribution in [3.05, 3.63) is 11.6 Å². The molecule has 0 spiro atoms. The van der Waals surface area contributed by atoms with Crippen molar-refractivity contribution in [1.82, 2.24) is 14.8 Å². The van der Waals surface area contributed by atoms with Crippen LogP contribution in [0, 0.1) is 13.8 Å². The largest absolute Gasteiger partial charge is 0.250 e. The van der Waals surface area contributed by atoms with Crippen molar-refractivity contribution in [1.29, 1.82) is 0 Å². The van der Waals surface area contributed by atoms with E-state index >= 15 is 0 Å². The lowest BCUT2D eigenvalue weighted by atomic mass is 10.3. The van der Waals surface area contributed by atoms with Crippen LogP contribution < -0.4 is 0 Å². The summed E-state index contributed by atoms with van der Waals surface area (Å²) in [4.78, 5) is 4.22. The SMILES string of the molecule is Cc1nc(C)n(CCC(C)S)n1. The number of thiol groups is 1. The Morgan fingerprint density at radius 2 is 2.17 bits per heavy atom. The quantitative estimate of drug-likeness (QED) is 0.725. The molecule has 1 unspecified atom stereocenters. The highest BCUT2D eigenvalue weighted by Gasteiger charge is 2.02. The van der Waals surface area contributed by atoms with Gasteiger partial charge in [-0.25, -0.2) is 4.98 Å². The zero-order valence-corrected chi connectivity index (χ0v) is 8.67. The predicted octanol–water partition coefficient (Wildman–Crippen LogP) is 1.60. The Labute approximate surface area is 78.6 Å². The zero-order chi connectivity index (χ0) is 9.14. The van der Waals surface area contributed by atoms with Gasteiger partial charge >= 0.3 is 0 Å². The minimum Gasteiger partial charge on any atom is -0.250 e. The van der Waals surface area contributed by atoms with E-state index in [0.29, 0.717) is 5.25 Å². The minimum atomic E-state index is 0.425. The zero-order valence-electron chi connectivity index (χ0n) is 7.78. The summed E-state index contributed by atoms with van der Waals surface area (Å²) >= 11 is 4.31. The Morgan fingerprint density at radius 3 is 2.58 bits per heavy atom. The summed E-state index contributed by atoms with van der Waals surface area (Å²) in [7, 11) is 0. The Morgan fingerprint density at radius 1 is 1.50 bits per heavy atom. The number of hydrogen-bond donors (Lipinski definition) is 1. The van der Waals surface area contributed by atoms with Gasteiger partial charge in [-0.3, -0.25) is 4.68 Å². The summed E-state index contributed by atoms with van der Waals surface area (Å²) in [6, 6.07) is 0. The van der Waals surface area contributed by atoms with Gasteiger partial charge in [0, 0.05) is 11.8 Å². The number of hydrogen-bond acceptors (Lipinski definition) is 3. The van der Waals surface area contributed by atoms with Gasteiger partial charge in [-0.05, 0) is 20.3 Å². The average Bonchev–Trinajstić information content (AvgIpc) is 2.26. The summed E-state index contributed by atoms with van der Waals surface area (Å²) in [5.41, 5.74) is 0. The van der Waals surface area contributed by atoms with Gasteiger partial charge in [0.05, 0.1) is 0 Å². The molecule has 12 heavy (non-hydrogen) atoms. The van der Waals surface area contributed by atoms with Crippen molar-refractivity contribution < 1.29 is 0 Å². The highest BCUT2D eigenvalue weighted by atomic mass is 32.1. The molecular formula is C8H15N3S. The summed E-state index contributed by atoms with van der Waals surface area (Å²) in [5.74, 6) is 1.83. The smallest absolute Gasteiger partial charge is 0.147 e. The van der Waals surface area contributed by atoms with E-state index < -0.39 is 0 Å². The first-order valence-corrected chi connectivity index (χ1v) is 4.67. The fraction of sp³-hybridized carbons (Fsp3) is 0.750. The molecule has 0 aliphatic heterocycles. The van der Waals surface area contributed by atoms with Gasteiger partial charge in [0.2, 0.25) is 0 Å². The normalized spacial score (nSPS) is 13.3. The molecule has 1 atom stereocenters. The van der Waals surface area contributed by atoms with E-state index in [4.69, 9.17) is 0 Å². The van der Waals surface area contributed by atoms with Gasteiger partial charge < -0.3 is 0 Å². The number of nitrogens with zero attached hydrogens (tertiary/aromatic N) is 3. The molecule has 1 heterocycles. The molecule has 0 saturated heterocycles.